The number of aromatic amines is 1. The summed E-state index contributed by atoms with van der Waals surface area (Å²) in [6.07, 6.45) is 6.54. The minimum absolute atomic E-state index is 0.0167. The van der Waals surface area contributed by atoms with E-state index in [4.69, 9.17) is 0 Å². The van der Waals surface area contributed by atoms with Gasteiger partial charge in [0.1, 0.15) is 0 Å². The topological polar surface area (TPSA) is 58.9 Å². The first-order chi connectivity index (χ1) is 12.3. The molecule has 0 bridgehead atoms. The van der Waals surface area contributed by atoms with Crippen LogP contribution in [0, 0.1) is 0 Å². The predicted octanol–water partition coefficient (Wildman–Crippen LogP) is 4.42. The second-order valence-corrected chi connectivity index (χ2v) is 8.69. The molecule has 0 aliphatic carbocycles. The Morgan fingerprint density at radius 2 is 1.85 bits per heavy atom. The van der Waals surface area contributed by atoms with Crippen LogP contribution in [-0.2, 0) is 17.3 Å². The molecule has 134 valence electrons. The van der Waals surface area contributed by atoms with Crippen LogP contribution in [0.15, 0.2) is 43.0 Å². The van der Waals surface area contributed by atoms with Crippen molar-refractivity contribution in [3.63, 3.8) is 0 Å². The van der Waals surface area contributed by atoms with Crippen LogP contribution in [0.3, 0.4) is 0 Å². The van der Waals surface area contributed by atoms with Crippen molar-refractivity contribution in [2.24, 2.45) is 0 Å². The fourth-order valence-corrected chi connectivity index (χ4v) is 3.64. The molecular formula is C21H25N5. The third kappa shape index (κ3) is 2.77. The summed E-state index contributed by atoms with van der Waals surface area (Å²) >= 11 is 0. The molecule has 1 aromatic carbocycles. The van der Waals surface area contributed by atoms with Gasteiger partial charge in [0.25, 0.3) is 0 Å². The summed E-state index contributed by atoms with van der Waals surface area (Å²) in [5, 5.41) is 4.67. The van der Waals surface area contributed by atoms with Crippen molar-refractivity contribution in [1.82, 2.24) is 24.6 Å². The molecule has 0 fully saturated rings. The van der Waals surface area contributed by atoms with E-state index in [2.05, 4.69) is 78.9 Å². The summed E-state index contributed by atoms with van der Waals surface area (Å²) in [6.45, 7) is 11.1. The number of hydrogen-bond acceptors (Lipinski definition) is 3. The number of fused-ring (bicyclic) bond motifs is 2. The molecule has 0 radical (unpaired) electrons. The normalized spacial score (nSPS) is 13.0. The van der Waals surface area contributed by atoms with Crippen LogP contribution in [0.4, 0.5) is 0 Å². The van der Waals surface area contributed by atoms with E-state index >= 15 is 0 Å². The molecule has 0 saturated heterocycles. The van der Waals surface area contributed by atoms with Gasteiger partial charge in [-0.1, -0.05) is 46.8 Å². The highest BCUT2D eigenvalue weighted by Crippen LogP contribution is 2.32. The number of para-hydroxylation sites is 1. The van der Waals surface area contributed by atoms with E-state index in [9.17, 15) is 0 Å². The van der Waals surface area contributed by atoms with Crippen molar-refractivity contribution < 1.29 is 0 Å². The number of rotatable bonds is 3. The zero-order chi connectivity index (χ0) is 18.5. The average Bonchev–Trinajstić information content (AvgIpc) is 3.19. The van der Waals surface area contributed by atoms with Gasteiger partial charge in [0, 0.05) is 5.41 Å². The Labute approximate surface area is 153 Å². The van der Waals surface area contributed by atoms with E-state index in [-0.39, 0.29) is 10.8 Å². The SMILES string of the molecule is CC(C)(C)c1cnc2cc(CC(C)(C)c3cccc4[nH]cnc34)cnn12. The van der Waals surface area contributed by atoms with Gasteiger partial charge in [-0.15, -0.1) is 0 Å². The van der Waals surface area contributed by atoms with Crippen molar-refractivity contribution in [2.45, 2.75) is 51.9 Å². The van der Waals surface area contributed by atoms with E-state index in [1.807, 2.05) is 16.9 Å². The van der Waals surface area contributed by atoms with E-state index in [1.165, 1.54) is 11.1 Å². The number of hydrogen-bond donors (Lipinski definition) is 1. The van der Waals surface area contributed by atoms with Gasteiger partial charge in [0.2, 0.25) is 0 Å². The minimum Gasteiger partial charge on any atom is -0.345 e. The molecule has 0 aliphatic rings. The Morgan fingerprint density at radius 3 is 2.62 bits per heavy atom. The molecule has 4 rings (SSSR count). The first-order valence-electron chi connectivity index (χ1n) is 9.01. The summed E-state index contributed by atoms with van der Waals surface area (Å²) < 4.78 is 1.95. The monoisotopic (exact) mass is 347 g/mol. The number of H-pyrrole nitrogens is 1. The van der Waals surface area contributed by atoms with Gasteiger partial charge in [-0.05, 0) is 35.1 Å². The molecule has 0 saturated carbocycles. The molecule has 5 heteroatoms. The number of imidazole rings is 2. The summed E-state index contributed by atoms with van der Waals surface area (Å²) in [5.74, 6) is 0. The maximum atomic E-state index is 4.67. The van der Waals surface area contributed by atoms with Crippen LogP contribution in [0.5, 0.6) is 0 Å². The summed E-state index contributed by atoms with van der Waals surface area (Å²) in [7, 11) is 0. The molecule has 1 N–H and O–H groups in total. The molecule has 4 aromatic rings. The van der Waals surface area contributed by atoms with Crippen LogP contribution in [0.2, 0.25) is 0 Å². The van der Waals surface area contributed by atoms with Crippen LogP contribution >= 0.6 is 0 Å². The Morgan fingerprint density at radius 1 is 1.04 bits per heavy atom. The van der Waals surface area contributed by atoms with E-state index in [0.29, 0.717) is 0 Å². The van der Waals surface area contributed by atoms with Crippen molar-refractivity contribution in [3.05, 3.63) is 59.8 Å². The van der Waals surface area contributed by atoms with Gasteiger partial charge in [0.15, 0.2) is 5.65 Å². The van der Waals surface area contributed by atoms with E-state index < -0.39 is 0 Å². The standard InChI is InChI=1S/C21H25N5/c1-20(2,3)17-12-22-18-9-14(11-25-26(17)18)10-21(4,5)15-7-6-8-16-19(15)24-13-23-16/h6-9,11-13H,10H2,1-5H3,(H,23,24). The smallest absolute Gasteiger partial charge is 0.154 e. The lowest BCUT2D eigenvalue weighted by atomic mass is 9.79. The summed E-state index contributed by atoms with van der Waals surface area (Å²) in [4.78, 5) is 12.3. The highest BCUT2D eigenvalue weighted by Gasteiger charge is 2.25. The van der Waals surface area contributed by atoms with Gasteiger partial charge < -0.3 is 4.98 Å². The Balaban J connectivity index is 1.71. The quantitative estimate of drug-likeness (QED) is 0.597. The van der Waals surface area contributed by atoms with Gasteiger partial charge in [-0.3, -0.25) is 0 Å². The number of benzene rings is 1. The molecule has 3 aromatic heterocycles. The molecule has 0 aliphatic heterocycles. The average molecular weight is 347 g/mol. The van der Waals surface area contributed by atoms with Crippen molar-refractivity contribution >= 4 is 16.7 Å². The molecular weight excluding hydrogens is 322 g/mol. The summed E-state index contributed by atoms with van der Waals surface area (Å²) in [5.41, 5.74) is 6.53. The molecule has 0 amide bonds. The lowest BCUT2D eigenvalue weighted by molar-refractivity contribution is 0.522. The van der Waals surface area contributed by atoms with E-state index in [0.717, 1.165) is 28.8 Å². The Bertz CT molecular complexity index is 1080. The fourth-order valence-electron chi connectivity index (χ4n) is 3.64. The predicted molar refractivity (Wildman–Crippen MR) is 105 cm³/mol. The lowest BCUT2D eigenvalue weighted by Gasteiger charge is -2.26. The van der Waals surface area contributed by atoms with Gasteiger partial charge in [-0.25, -0.2) is 14.5 Å². The van der Waals surface area contributed by atoms with Crippen LogP contribution in [0.25, 0.3) is 16.7 Å². The zero-order valence-corrected chi connectivity index (χ0v) is 16.0. The van der Waals surface area contributed by atoms with Crippen molar-refractivity contribution in [1.29, 1.82) is 0 Å². The molecule has 0 spiro atoms. The Kier molecular flexibility index (Phi) is 3.65. The Hall–Kier alpha value is -2.69. The lowest BCUT2D eigenvalue weighted by Crippen LogP contribution is -2.21. The molecule has 0 unspecified atom stereocenters. The largest absolute Gasteiger partial charge is 0.345 e. The van der Waals surface area contributed by atoms with Gasteiger partial charge in [-0.2, -0.15) is 5.10 Å². The number of aromatic nitrogens is 5. The van der Waals surface area contributed by atoms with Gasteiger partial charge >= 0.3 is 0 Å². The maximum Gasteiger partial charge on any atom is 0.154 e. The van der Waals surface area contributed by atoms with Crippen molar-refractivity contribution in [2.75, 3.05) is 0 Å². The summed E-state index contributed by atoms with van der Waals surface area (Å²) in [6, 6.07) is 8.47. The van der Waals surface area contributed by atoms with E-state index in [1.54, 1.807) is 6.33 Å². The molecule has 0 atom stereocenters. The van der Waals surface area contributed by atoms with Crippen LogP contribution in [0.1, 0.15) is 51.4 Å². The first kappa shape index (κ1) is 16.8. The van der Waals surface area contributed by atoms with Crippen molar-refractivity contribution in [3.8, 4) is 0 Å². The third-order valence-corrected chi connectivity index (χ3v) is 5.01. The number of nitrogens with zero attached hydrogens (tertiary/aromatic N) is 4. The highest BCUT2D eigenvalue weighted by molar-refractivity contribution is 5.79. The second-order valence-electron chi connectivity index (χ2n) is 8.69. The first-order valence-corrected chi connectivity index (χ1v) is 9.01. The molecule has 3 heterocycles. The van der Waals surface area contributed by atoms with Crippen LogP contribution < -0.4 is 0 Å². The fraction of sp³-hybridized carbons (Fsp3) is 0.381. The zero-order valence-electron chi connectivity index (χ0n) is 16.0. The highest BCUT2D eigenvalue weighted by atomic mass is 15.3. The molecule has 5 nitrogen and oxygen atoms in total. The molecule has 26 heavy (non-hydrogen) atoms. The minimum atomic E-state index is -0.0613. The van der Waals surface area contributed by atoms with Crippen LogP contribution in [-0.4, -0.2) is 24.6 Å². The third-order valence-electron chi connectivity index (χ3n) is 5.01. The number of nitrogens with one attached hydrogen (secondary N) is 1. The second kappa shape index (κ2) is 5.66. The van der Waals surface area contributed by atoms with Gasteiger partial charge in [0.05, 0.1) is 35.4 Å². The maximum absolute atomic E-state index is 4.67.